The van der Waals surface area contributed by atoms with Crippen LogP contribution in [-0.2, 0) is 16.1 Å². The minimum atomic E-state index is -0.525. The van der Waals surface area contributed by atoms with Crippen LogP contribution in [0, 0.1) is 23.2 Å². The van der Waals surface area contributed by atoms with Gasteiger partial charge in [-0.05, 0) is 30.9 Å². The van der Waals surface area contributed by atoms with Crippen LogP contribution < -0.4 is 5.32 Å². The molecule has 0 amide bonds. The Morgan fingerprint density at radius 3 is 3.04 bits per heavy atom. The summed E-state index contributed by atoms with van der Waals surface area (Å²) in [5.41, 5.74) is 2.06. The number of hydrogen-bond acceptors (Lipinski definition) is 4. The Labute approximate surface area is 154 Å². The number of hydrogen-bond donors (Lipinski definition) is 2. The van der Waals surface area contributed by atoms with E-state index < -0.39 is 6.10 Å². The largest absolute Gasteiger partial charge is 0.461 e. The summed E-state index contributed by atoms with van der Waals surface area (Å²) in [7, 11) is 0. The van der Waals surface area contributed by atoms with Crippen molar-refractivity contribution in [2.45, 2.75) is 51.9 Å². The molecule has 6 atom stereocenters. The molecule has 2 fully saturated rings. The van der Waals surface area contributed by atoms with Crippen LogP contribution in [0.5, 0.6) is 0 Å². The van der Waals surface area contributed by atoms with Gasteiger partial charge in [-0.1, -0.05) is 31.6 Å². The number of quaternary nitrogens is 1. The molecule has 0 spiro atoms. The van der Waals surface area contributed by atoms with Crippen LogP contribution in [0.15, 0.2) is 36.0 Å². The zero-order valence-electron chi connectivity index (χ0n) is 15.6. The smallest absolute Gasteiger partial charge is 0.315 e. The van der Waals surface area contributed by atoms with Crippen molar-refractivity contribution in [1.29, 1.82) is 0 Å². The van der Waals surface area contributed by atoms with Gasteiger partial charge in [0.05, 0.1) is 18.3 Å². The summed E-state index contributed by atoms with van der Waals surface area (Å²) in [6.45, 7) is 5.78. The topological polar surface area (TPSA) is 76.0 Å². The van der Waals surface area contributed by atoms with E-state index >= 15 is 0 Å². The van der Waals surface area contributed by atoms with Gasteiger partial charge >= 0.3 is 5.97 Å². The van der Waals surface area contributed by atoms with Gasteiger partial charge in [-0.2, -0.15) is 0 Å². The maximum absolute atomic E-state index is 12.5. The van der Waals surface area contributed by atoms with Crippen LogP contribution in [0.25, 0.3) is 0 Å². The van der Waals surface area contributed by atoms with Crippen LogP contribution in [0.2, 0.25) is 0 Å². The maximum atomic E-state index is 12.5. The van der Waals surface area contributed by atoms with Crippen LogP contribution in [0.1, 0.15) is 38.8 Å². The van der Waals surface area contributed by atoms with E-state index in [1.807, 2.05) is 18.2 Å². The van der Waals surface area contributed by atoms with Crippen LogP contribution in [-0.4, -0.2) is 34.8 Å². The molecule has 26 heavy (non-hydrogen) atoms. The van der Waals surface area contributed by atoms with E-state index in [2.05, 4.69) is 30.2 Å². The lowest BCUT2D eigenvalue weighted by atomic mass is 9.55. The average Bonchev–Trinajstić information content (AvgIpc) is 2.94. The zero-order chi connectivity index (χ0) is 18.3. The second-order valence-electron chi connectivity index (χ2n) is 8.35. The molecule has 0 unspecified atom stereocenters. The summed E-state index contributed by atoms with van der Waals surface area (Å²) < 4.78 is 5.70. The first-order valence-electron chi connectivity index (χ1n) is 9.81. The summed E-state index contributed by atoms with van der Waals surface area (Å²) in [5.74, 6) is -0.0736. The van der Waals surface area contributed by atoms with Crippen molar-refractivity contribution < 1.29 is 20.0 Å². The number of fused-ring (bicyclic) bond motifs is 2. The molecule has 0 aromatic carbocycles. The normalized spacial score (nSPS) is 39.0. The van der Waals surface area contributed by atoms with Crippen molar-refractivity contribution in [1.82, 2.24) is 4.98 Å². The monoisotopic (exact) mass is 357 g/mol. The van der Waals surface area contributed by atoms with Gasteiger partial charge in [-0.3, -0.25) is 9.78 Å². The van der Waals surface area contributed by atoms with E-state index in [-0.39, 0.29) is 29.3 Å². The van der Waals surface area contributed by atoms with E-state index in [4.69, 9.17) is 4.74 Å². The Bertz CT molecular complexity index is 704. The van der Waals surface area contributed by atoms with E-state index in [9.17, 15) is 9.90 Å². The highest BCUT2D eigenvalue weighted by Gasteiger charge is 2.60. The molecule has 0 radical (unpaired) electrons. The van der Waals surface area contributed by atoms with E-state index in [1.165, 1.54) is 5.57 Å². The quantitative estimate of drug-likeness (QED) is 0.631. The molecule has 4 rings (SSSR count). The third-order valence-electron chi connectivity index (χ3n) is 7.07. The fraction of sp³-hybridized carbons (Fsp3) is 0.619. The molecule has 1 saturated heterocycles. The van der Waals surface area contributed by atoms with Gasteiger partial charge in [-0.25, -0.2) is 0 Å². The number of rotatable bonds is 4. The number of carbonyl (C=O) groups is 1. The summed E-state index contributed by atoms with van der Waals surface area (Å²) in [5, 5.41) is 13.4. The van der Waals surface area contributed by atoms with Crippen molar-refractivity contribution in [2.75, 3.05) is 6.54 Å². The fourth-order valence-corrected chi connectivity index (χ4v) is 5.26. The second-order valence-corrected chi connectivity index (χ2v) is 8.35. The van der Waals surface area contributed by atoms with Crippen LogP contribution >= 0.6 is 0 Å². The highest BCUT2D eigenvalue weighted by Crippen LogP contribution is 2.55. The van der Waals surface area contributed by atoms with Crippen LogP contribution in [0.3, 0.4) is 0 Å². The molecule has 1 aromatic heterocycles. The maximum Gasteiger partial charge on any atom is 0.315 e. The van der Waals surface area contributed by atoms with Crippen molar-refractivity contribution in [3.05, 3.63) is 41.7 Å². The lowest BCUT2D eigenvalue weighted by molar-refractivity contribution is -0.675. The number of pyridine rings is 1. The van der Waals surface area contributed by atoms with Gasteiger partial charge in [0.15, 0.2) is 0 Å². The Balaban J connectivity index is 1.50. The summed E-state index contributed by atoms with van der Waals surface area (Å²) >= 11 is 0. The molecule has 140 valence electrons. The van der Waals surface area contributed by atoms with Crippen molar-refractivity contribution in [3.8, 4) is 0 Å². The number of nitrogens with two attached hydrogens (primary N) is 1. The lowest BCUT2D eigenvalue weighted by Gasteiger charge is -2.51. The first-order valence-corrected chi connectivity index (χ1v) is 9.81. The minimum Gasteiger partial charge on any atom is -0.461 e. The third kappa shape index (κ3) is 2.78. The number of nitrogens with zero attached hydrogens (tertiary/aromatic N) is 1. The predicted molar refractivity (Wildman–Crippen MR) is 96.8 cm³/mol. The molecular weight excluding hydrogens is 328 g/mol. The van der Waals surface area contributed by atoms with Crippen molar-refractivity contribution in [3.63, 3.8) is 0 Å². The van der Waals surface area contributed by atoms with Gasteiger partial charge in [0.25, 0.3) is 0 Å². The van der Waals surface area contributed by atoms with Crippen LogP contribution in [0.4, 0.5) is 0 Å². The molecular formula is C21H29N2O3+. The van der Waals surface area contributed by atoms with E-state index in [1.54, 1.807) is 6.20 Å². The zero-order valence-corrected chi connectivity index (χ0v) is 15.6. The standard InChI is InChI=1S/C21H28N2O3/c1-13-6-5-7-14-10-17-18(19(24)21(13,14)2)16(20(25)26-17)12-22-11-15-8-3-4-9-23-15/h3-4,7-9,13,16-19,22,24H,5-6,10-12H2,1-2H3/p+1/t13-,16+,17-,18-,19-,21-/m1/s1. The number of aliphatic hydroxyl groups excluding tert-OH is 1. The number of carbonyl (C=O) groups excluding carboxylic acids is 1. The number of aliphatic hydroxyl groups is 1. The molecule has 1 aliphatic heterocycles. The average molecular weight is 357 g/mol. The molecule has 1 aromatic rings. The number of allylic oxidation sites excluding steroid dienone is 1. The van der Waals surface area contributed by atoms with Gasteiger partial charge in [0.1, 0.15) is 18.6 Å². The highest BCUT2D eigenvalue weighted by molar-refractivity contribution is 5.76. The number of esters is 1. The first-order chi connectivity index (χ1) is 12.5. The number of ether oxygens (including phenoxy) is 1. The Hall–Kier alpha value is -1.72. The van der Waals surface area contributed by atoms with E-state index in [0.717, 1.165) is 31.5 Å². The van der Waals surface area contributed by atoms with Gasteiger partial charge in [0, 0.05) is 24.0 Å². The molecule has 5 nitrogen and oxygen atoms in total. The third-order valence-corrected chi connectivity index (χ3v) is 7.07. The van der Waals surface area contributed by atoms with Gasteiger partial charge in [-0.15, -0.1) is 0 Å². The molecule has 3 aliphatic rings. The summed E-state index contributed by atoms with van der Waals surface area (Å²) in [4.78, 5) is 16.9. The summed E-state index contributed by atoms with van der Waals surface area (Å²) in [6, 6.07) is 5.86. The summed E-state index contributed by atoms with van der Waals surface area (Å²) in [6.07, 6.45) is 6.30. The SMILES string of the molecule is C[C@@H]1CCC=C2C[C@H]3OC(=O)[C@@H](C[NH2+]Cc4ccccn4)[C@H]3[C@@H](O)[C@@]21C. The molecule has 2 aliphatic carbocycles. The minimum absolute atomic E-state index is 0.106. The van der Waals surface area contributed by atoms with E-state index in [0.29, 0.717) is 12.5 Å². The predicted octanol–water partition coefficient (Wildman–Crippen LogP) is 1.43. The van der Waals surface area contributed by atoms with Gasteiger partial charge < -0.3 is 15.2 Å². The van der Waals surface area contributed by atoms with Gasteiger partial charge in [0.2, 0.25) is 0 Å². The van der Waals surface area contributed by atoms with Crippen molar-refractivity contribution >= 4 is 5.97 Å². The van der Waals surface area contributed by atoms with Crippen molar-refractivity contribution in [2.24, 2.45) is 23.2 Å². The lowest BCUT2D eigenvalue weighted by Crippen LogP contribution is -2.85. The molecule has 5 heteroatoms. The first kappa shape index (κ1) is 17.7. The Kier molecular flexibility index (Phi) is 4.61. The Morgan fingerprint density at radius 2 is 2.27 bits per heavy atom. The molecule has 1 saturated carbocycles. The second kappa shape index (κ2) is 6.78. The molecule has 2 heterocycles. The number of aromatic nitrogens is 1. The Morgan fingerprint density at radius 1 is 1.42 bits per heavy atom. The highest BCUT2D eigenvalue weighted by atomic mass is 16.6. The molecule has 0 bridgehead atoms. The fourth-order valence-electron chi connectivity index (χ4n) is 5.26. The molecule has 3 N–H and O–H groups in total.